The van der Waals surface area contributed by atoms with Gasteiger partial charge in [-0.1, -0.05) is 13.8 Å². The quantitative estimate of drug-likeness (QED) is 0.237. The van der Waals surface area contributed by atoms with Crippen molar-refractivity contribution >= 4 is 5.96 Å². The van der Waals surface area contributed by atoms with Crippen LogP contribution in [0.25, 0.3) is 0 Å². The fraction of sp³-hybridized carbons (Fsp3) is 0.857. The Kier molecular flexibility index (Phi) is 6.41. The Morgan fingerprint density at radius 1 is 1.67 bits per heavy atom. The molecule has 0 amide bonds. The van der Waals surface area contributed by atoms with Gasteiger partial charge in [-0.05, 0) is 5.92 Å². The van der Waals surface area contributed by atoms with Gasteiger partial charge in [-0.2, -0.15) is 0 Å². The third kappa shape index (κ3) is 7.30. The van der Waals surface area contributed by atoms with E-state index in [-0.39, 0.29) is 5.96 Å². The van der Waals surface area contributed by atoms with Gasteiger partial charge < -0.3 is 10.5 Å². The lowest BCUT2D eigenvalue weighted by atomic mass is 10.2. The smallest absolute Gasteiger partial charge is 0.212 e. The van der Waals surface area contributed by atoms with Crippen LogP contribution in [0.3, 0.4) is 0 Å². The average molecular weight is 175 g/mol. The Labute approximate surface area is 72.6 Å². The maximum absolute atomic E-state index is 8.23. The summed E-state index contributed by atoms with van der Waals surface area (Å²) >= 11 is 0. The summed E-state index contributed by atoms with van der Waals surface area (Å²) in [6.45, 7) is 5.87. The van der Waals surface area contributed by atoms with Crippen molar-refractivity contribution in [3.05, 3.63) is 0 Å². The van der Waals surface area contributed by atoms with E-state index in [9.17, 15) is 0 Å². The number of nitrogens with two attached hydrogens (primary N) is 1. The van der Waals surface area contributed by atoms with E-state index in [1.165, 1.54) is 0 Å². The van der Waals surface area contributed by atoms with E-state index in [1.54, 1.807) is 5.48 Å². The topological polar surface area (TPSA) is 79.9 Å². The number of hydrogen-bond donors (Lipinski definition) is 3. The zero-order valence-corrected chi connectivity index (χ0v) is 7.58. The Hall–Kier alpha value is -0.810. The lowest BCUT2D eigenvalue weighted by molar-refractivity contribution is 0.116. The summed E-state index contributed by atoms with van der Waals surface area (Å²) < 4.78 is 5.22. The van der Waals surface area contributed by atoms with E-state index in [0.29, 0.717) is 19.1 Å². The van der Waals surface area contributed by atoms with Crippen LogP contribution in [0.4, 0.5) is 0 Å². The average Bonchev–Trinajstić information content (AvgIpc) is 2.03. The van der Waals surface area contributed by atoms with E-state index >= 15 is 0 Å². The first-order chi connectivity index (χ1) is 5.66. The van der Waals surface area contributed by atoms with Crippen LogP contribution < -0.4 is 11.2 Å². The monoisotopic (exact) mass is 175 g/mol. The molecule has 0 aliphatic rings. The van der Waals surface area contributed by atoms with Crippen molar-refractivity contribution in [1.82, 2.24) is 5.48 Å². The van der Waals surface area contributed by atoms with E-state index in [0.717, 1.165) is 6.61 Å². The second-order valence-electron chi connectivity index (χ2n) is 2.85. The van der Waals surface area contributed by atoms with Crippen molar-refractivity contribution < 1.29 is 9.94 Å². The molecule has 0 saturated carbocycles. The first-order valence-corrected chi connectivity index (χ1v) is 3.94. The molecule has 0 unspecified atom stereocenters. The lowest BCUT2D eigenvalue weighted by Gasteiger charge is -2.04. The molecule has 5 heteroatoms. The summed E-state index contributed by atoms with van der Waals surface area (Å²) in [7, 11) is 0. The van der Waals surface area contributed by atoms with Gasteiger partial charge in [-0.25, -0.2) is 10.5 Å². The molecule has 0 aromatic heterocycles. The van der Waals surface area contributed by atoms with Gasteiger partial charge in [0, 0.05) is 6.61 Å². The van der Waals surface area contributed by atoms with Crippen molar-refractivity contribution in [3.63, 3.8) is 0 Å². The first kappa shape index (κ1) is 11.2. The molecule has 0 bridgehead atoms. The highest BCUT2D eigenvalue weighted by atomic mass is 16.5. The van der Waals surface area contributed by atoms with Crippen molar-refractivity contribution in [2.45, 2.75) is 13.8 Å². The molecule has 5 nitrogen and oxygen atoms in total. The Morgan fingerprint density at radius 3 is 2.83 bits per heavy atom. The molecule has 0 heterocycles. The number of aliphatic imine (C=N–C) groups is 1. The van der Waals surface area contributed by atoms with Crippen molar-refractivity contribution in [2.75, 3.05) is 19.8 Å². The summed E-state index contributed by atoms with van der Waals surface area (Å²) in [5.74, 6) is 0.547. The van der Waals surface area contributed by atoms with Crippen LogP contribution in [0.5, 0.6) is 0 Å². The van der Waals surface area contributed by atoms with Gasteiger partial charge in [0.2, 0.25) is 5.96 Å². The molecule has 12 heavy (non-hydrogen) atoms. The molecule has 0 aliphatic heterocycles. The van der Waals surface area contributed by atoms with Crippen LogP contribution >= 0.6 is 0 Å². The fourth-order valence-electron chi connectivity index (χ4n) is 0.585. The Balaban J connectivity index is 3.21. The van der Waals surface area contributed by atoms with Crippen molar-refractivity contribution in [3.8, 4) is 0 Å². The van der Waals surface area contributed by atoms with Crippen molar-refractivity contribution in [2.24, 2.45) is 16.6 Å². The van der Waals surface area contributed by atoms with Gasteiger partial charge in [0.25, 0.3) is 0 Å². The lowest BCUT2D eigenvalue weighted by Crippen LogP contribution is -2.28. The Bertz CT molecular complexity index is 137. The number of nitrogens with one attached hydrogen (secondary N) is 1. The predicted molar refractivity (Wildman–Crippen MR) is 47.1 cm³/mol. The van der Waals surface area contributed by atoms with E-state index in [4.69, 9.17) is 15.7 Å². The standard InChI is InChI=1S/C7H17N3O2/c1-6(2)5-12-4-3-9-7(8)10-11/h6,11H,3-5H2,1-2H3,(H3,8,9,10). The number of hydroxylamine groups is 1. The van der Waals surface area contributed by atoms with Crippen LogP contribution in [0.1, 0.15) is 13.8 Å². The summed E-state index contributed by atoms with van der Waals surface area (Å²) in [6, 6.07) is 0. The van der Waals surface area contributed by atoms with Crippen LogP contribution in [-0.4, -0.2) is 30.9 Å². The zero-order chi connectivity index (χ0) is 9.40. The minimum atomic E-state index is 0.0168. The number of nitrogens with zero attached hydrogens (tertiary/aromatic N) is 1. The van der Waals surface area contributed by atoms with Crippen molar-refractivity contribution in [1.29, 1.82) is 0 Å². The maximum atomic E-state index is 8.23. The molecule has 0 radical (unpaired) electrons. The second-order valence-corrected chi connectivity index (χ2v) is 2.85. The number of hydrogen-bond acceptors (Lipinski definition) is 3. The second kappa shape index (κ2) is 6.87. The summed E-state index contributed by atoms with van der Waals surface area (Å²) in [5.41, 5.74) is 6.89. The molecular formula is C7H17N3O2. The molecule has 0 aliphatic carbocycles. The molecule has 0 aromatic rings. The molecule has 72 valence electrons. The summed E-state index contributed by atoms with van der Waals surface area (Å²) in [4.78, 5) is 3.75. The van der Waals surface area contributed by atoms with Gasteiger partial charge in [0.15, 0.2) is 0 Å². The van der Waals surface area contributed by atoms with Gasteiger partial charge >= 0.3 is 0 Å². The van der Waals surface area contributed by atoms with Gasteiger partial charge in [0.05, 0.1) is 13.2 Å². The third-order valence-corrected chi connectivity index (χ3v) is 1.08. The van der Waals surface area contributed by atoms with Crippen LogP contribution in [0.2, 0.25) is 0 Å². The predicted octanol–water partition coefficient (Wildman–Crippen LogP) is -0.0475. The Morgan fingerprint density at radius 2 is 2.33 bits per heavy atom. The molecule has 0 saturated heterocycles. The number of ether oxygens (including phenoxy) is 1. The molecule has 0 fully saturated rings. The fourth-order valence-corrected chi connectivity index (χ4v) is 0.585. The van der Waals surface area contributed by atoms with Crippen LogP contribution in [-0.2, 0) is 4.74 Å². The van der Waals surface area contributed by atoms with Gasteiger partial charge in [0.1, 0.15) is 0 Å². The van der Waals surface area contributed by atoms with E-state index < -0.39 is 0 Å². The molecule has 0 rings (SSSR count). The van der Waals surface area contributed by atoms with E-state index in [2.05, 4.69) is 18.8 Å². The third-order valence-electron chi connectivity index (χ3n) is 1.08. The molecule has 0 spiro atoms. The molecular weight excluding hydrogens is 158 g/mol. The first-order valence-electron chi connectivity index (χ1n) is 3.94. The van der Waals surface area contributed by atoms with Crippen LogP contribution in [0, 0.1) is 5.92 Å². The summed E-state index contributed by atoms with van der Waals surface area (Å²) in [5, 5.41) is 8.23. The molecule has 4 N–H and O–H groups in total. The molecule has 0 aromatic carbocycles. The van der Waals surface area contributed by atoms with Gasteiger partial charge in [-0.3, -0.25) is 5.21 Å². The minimum Gasteiger partial charge on any atom is -0.379 e. The highest BCUT2D eigenvalue weighted by Crippen LogP contribution is 1.91. The minimum absolute atomic E-state index is 0.0168. The highest BCUT2D eigenvalue weighted by molar-refractivity contribution is 5.76. The summed E-state index contributed by atoms with van der Waals surface area (Å²) in [6.07, 6.45) is 0. The van der Waals surface area contributed by atoms with Crippen LogP contribution in [0.15, 0.2) is 4.99 Å². The normalized spacial score (nSPS) is 12.2. The maximum Gasteiger partial charge on any atom is 0.212 e. The number of guanidine groups is 1. The molecule has 0 atom stereocenters. The largest absolute Gasteiger partial charge is 0.379 e. The number of rotatable bonds is 5. The highest BCUT2D eigenvalue weighted by Gasteiger charge is 1.92. The van der Waals surface area contributed by atoms with E-state index in [1.807, 2.05) is 0 Å². The zero-order valence-electron chi connectivity index (χ0n) is 7.58. The SMILES string of the molecule is CC(C)COCCN=C(N)NO. The van der Waals surface area contributed by atoms with Gasteiger partial charge in [-0.15, -0.1) is 0 Å².